The van der Waals surface area contributed by atoms with Crippen molar-refractivity contribution >= 4 is 23.4 Å². The number of anilines is 1. The minimum absolute atomic E-state index is 0.0415. The number of benzene rings is 1. The monoisotopic (exact) mass is 415 g/mol. The van der Waals surface area contributed by atoms with Gasteiger partial charge in [-0.15, -0.1) is 0 Å². The van der Waals surface area contributed by atoms with Gasteiger partial charge in [0, 0.05) is 23.5 Å². The van der Waals surface area contributed by atoms with Crippen LogP contribution >= 0.6 is 11.8 Å². The van der Waals surface area contributed by atoms with Crippen LogP contribution in [0.15, 0.2) is 23.4 Å². The number of aryl methyl sites for hydroxylation is 1. The fourth-order valence-corrected chi connectivity index (χ4v) is 5.10. The summed E-state index contributed by atoms with van der Waals surface area (Å²) in [5.74, 6) is 1.35. The Kier molecular flexibility index (Phi) is 6.04. The molecule has 1 atom stereocenters. The first-order valence-electron chi connectivity index (χ1n) is 10.5. The molecule has 0 saturated heterocycles. The zero-order chi connectivity index (χ0) is 20.4. The van der Waals surface area contributed by atoms with Gasteiger partial charge in [-0.25, -0.2) is 4.98 Å². The smallest absolute Gasteiger partial charge is 0.237 e. The zero-order valence-corrected chi connectivity index (χ0v) is 18.2. The molecule has 1 N–H and O–H groups in total. The van der Waals surface area contributed by atoms with E-state index in [0.29, 0.717) is 25.0 Å². The number of imidazole rings is 1. The predicted octanol–water partition coefficient (Wildman–Crippen LogP) is 4.90. The zero-order valence-electron chi connectivity index (χ0n) is 17.4. The van der Waals surface area contributed by atoms with Crippen LogP contribution in [0.3, 0.4) is 0 Å². The van der Waals surface area contributed by atoms with Gasteiger partial charge in [0.1, 0.15) is 13.2 Å². The maximum atomic E-state index is 12.8. The number of carbonyl (C=O) groups excluding carboxylic acids is 1. The molecule has 2 aromatic rings. The van der Waals surface area contributed by atoms with Crippen molar-refractivity contribution < 1.29 is 14.3 Å². The van der Waals surface area contributed by atoms with Gasteiger partial charge >= 0.3 is 0 Å². The molecule has 7 heteroatoms. The van der Waals surface area contributed by atoms with Crippen LogP contribution in [0.25, 0.3) is 0 Å². The highest BCUT2D eigenvalue weighted by atomic mass is 32.2. The number of ether oxygens (including phenoxy) is 2. The van der Waals surface area contributed by atoms with Crippen molar-refractivity contribution in [3.8, 4) is 11.5 Å². The number of aromatic nitrogens is 2. The number of rotatable bonds is 5. The third-order valence-electron chi connectivity index (χ3n) is 5.76. The number of nitrogens with zero attached hydrogens (tertiary/aromatic N) is 2. The highest BCUT2D eigenvalue weighted by Gasteiger charge is 2.25. The second-order valence-electron chi connectivity index (χ2n) is 7.83. The molecule has 1 aromatic carbocycles. The number of carbonyl (C=O) groups is 1. The molecule has 156 valence electrons. The lowest BCUT2D eigenvalue weighted by Gasteiger charge is -2.26. The van der Waals surface area contributed by atoms with Crippen LogP contribution in [0, 0.1) is 13.8 Å². The second kappa shape index (κ2) is 8.69. The molecule has 0 spiro atoms. The number of hydrogen-bond acceptors (Lipinski definition) is 5. The summed E-state index contributed by atoms with van der Waals surface area (Å²) in [6.07, 6.45) is 6.25. The molecule has 1 aliphatic heterocycles. The summed E-state index contributed by atoms with van der Waals surface area (Å²) < 4.78 is 13.5. The van der Waals surface area contributed by atoms with Crippen LogP contribution in [0.5, 0.6) is 11.5 Å². The SMILES string of the molecule is Cc1nc(S[C@H](C)C(=O)Nc2ccc3c(c2)OCCO3)n(C2CCCCC2)c1C. The molecule has 2 aliphatic rings. The molecule has 0 bridgehead atoms. The Labute approximate surface area is 176 Å². The van der Waals surface area contributed by atoms with Crippen molar-refractivity contribution in [1.82, 2.24) is 9.55 Å². The molecular weight excluding hydrogens is 386 g/mol. The molecule has 1 fully saturated rings. The summed E-state index contributed by atoms with van der Waals surface area (Å²) in [5.41, 5.74) is 2.99. The van der Waals surface area contributed by atoms with Crippen LogP contribution in [0.1, 0.15) is 56.5 Å². The van der Waals surface area contributed by atoms with Gasteiger partial charge in [-0.3, -0.25) is 4.79 Å². The minimum atomic E-state index is -0.258. The van der Waals surface area contributed by atoms with Crippen molar-refractivity contribution in [3.05, 3.63) is 29.6 Å². The van der Waals surface area contributed by atoms with Crippen molar-refractivity contribution in [2.75, 3.05) is 18.5 Å². The molecular formula is C22H29N3O3S. The van der Waals surface area contributed by atoms with Crippen molar-refractivity contribution in [2.24, 2.45) is 0 Å². The van der Waals surface area contributed by atoms with Crippen LogP contribution in [0.2, 0.25) is 0 Å². The topological polar surface area (TPSA) is 65.4 Å². The van der Waals surface area contributed by atoms with Crippen LogP contribution in [0.4, 0.5) is 5.69 Å². The molecule has 6 nitrogen and oxygen atoms in total. The first-order valence-corrected chi connectivity index (χ1v) is 11.3. The average Bonchev–Trinajstić information content (AvgIpc) is 3.01. The molecule has 2 heterocycles. The fraction of sp³-hybridized carbons (Fsp3) is 0.545. The van der Waals surface area contributed by atoms with Gasteiger partial charge in [0.25, 0.3) is 0 Å². The van der Waals surface area contributed by atoms with Gasteiger partial charge in [0.2, 0.25) is 5.91 Å². The Hall–Kier alpha value is -2.15. The molecule has 1 saturated carbocycles. The minimum Gasteiger partial charge on any atom is -0.486 e. The van der Waals surface area contributed by atoms with Gasteiger partial charge < -0.3 is 19.4 Å². The lowest BCUT2D eigenvalue weighted by atomic mass is 9.95. The van der Waals surface area contributed by atoms with E-state index in [2.05, 4.69) is 23.7 Å². The summed E-state index contributed by atoms with van der Waals surface area (Å²) in [7, 11) is 0. The van der Waals surface area contributed by atoms with Crippen molar-refractivity contribution in [3.63, 3.8) is 0 Å². The predicted molar refractivity (Wildman–Crippen MR) is 115 cm³/mol. The van der Waals surface area contributed by atoms with E-state index >= 15 is 0 Å². The van der Waals surface area contributed by atoms with Gasteiger partial charge in [-0.1, -0.05) is 31.0 Å². The standard InChI is InChI=1S/C22H29N3O3S/c1-14-15(2)25(18-7-5-4-6-8-18)22(23-14)29-16(3)21(26)24-17-9-10-19-20(13-17)28-12-11-27-19/h9-10,13,16,18H,4-8,11-12H2,1-3H3,(H,24,26)/t16-/m1/s1. The molecule has 0 unspecified atom stereocenters. The van der Waals surface area contributed by atoms with Crippen LogP contribution in [-0.4, -0.2) is 33.9 Å². The second-order valence-corrected chi connectivity index (χ2v) is 9.14. The quantitative estimate of drug-likeness (QED) is 0.704. The van der Waals surface area contributed by atoms with Gasteiger partial charge in [-0.05, 0) is 45.7 Å². The van der Waals surface area contributed by atoms with Crippen LogP contribution in [-0.2, 0) is 4.79 Å². The number of fused-ring (bicyclic) bond motifs is 1. The Morgan fingerprint density at radius 2 is 1.90 bits per heavy atom. The first kappa shape index (κ1) is 20.1. The van der Waals surface area contributed by atoms with E-state index in [4.69, 9.17) is 14.5 Å². The number of nitrogens with one attached hydrogen (secondary N) is 1. The Morgan fingerprint density at radius 1 is 1.17 bits per heavy atom. The third-order valence-corrected chi connectivity index (χ3v) is 6.82. The van der Waals surface area contributed by atoms with E-state index in [0.717, 1.165) is 22.3 Å². The molecule has 4 rings (SSSR count). The number of hydrogen-bond donors (Lipinski definition) is 1. The highest BCUT2D eigenvalue weighted by Crippen LogP contribution is 2.36. The van der Waals surface area contributed by atoms with E-state index in [1.165, 1.54) is 49.6 Å². The van der Waals surface area contributed by atoms with E-state index in [-0.39, 0.29) is 11.2 Å². The summed E-state index contributed by atoms with van der Waals surface area (Å²) >= 11 is 1.54. The summed E-state index contributed by atoms with van der Waals surface area (Å²) in [5, 5.41) is 3.70. The largest absolute Gasteiger partial charge is 0.486 e. The molecule has 1 aliphatic carbocycles. The lowest BCUT2D eigenvalue weighted by molar-refractivity contribution is -0.115. The van der Waals surface area contributed by atoms with E-state index in [9.17, 15) is 4.79 Å². The average molecular weight is 416 g/mol. The summed E-state index contributed by atoms with van der Waals surface area (Å²) in [6.45, 7) is 7.21. The van der Waals surface area contributed by atoms with Crippen molar-refractivity contribution in [1.29, 1.82) is 0 Å². The van der Waals surface area contributed by atoms with Crippen molar-refractivity contribution in [2.45, 2.75) is 69.3 Å². The highest BCUT2D eigenvalue weighted by molar-refractivity contribution is 8.00. The van der Waals surface area contributed by atoms with Crippen LogP contribution < -0.4 is 14.8 Å². The molecule has 29 heavy (non-hydrogen) atoms. The lowest BCUT2D eigenvalue weighted by Crippen LogP contribution is -2.24. The van der Waals surface area contributed by atoms with Gasteiger partial charge in [0.05, 0.1) is 10.9 Å². The molecule has 0 radical (unpaired) electrons. The Balaban J connectivity index is 1.46. The Bertz CT molecular complexity index is 890. The van der Waals surface area contributed by atoms with E-state index in [1.54, 1.807) is 0 Å². The number of thioether (sulfide) groups is 1. The van der Waals surface area contributed by atoms with Gasteiger partial charge in [-0.2, -0.15) is 0 Å². The summed E-state index contributed by atoms with van der Waals surface area (Å²) in [4.78, 5) is 17.6. The number of amides is 1. The Morgan fingerprint density at radius 3 is 2.66 bits per heavy atom. The fourth-order valence-electron chi connectivity index (χ4n) is 4.03. The van der Waals surface area contributed by atoms with Gasteiger partial charge in [0.15, 0.2) is 16.7 Å². The normalized spacial score (nSPS) is 17.8. The van der Waals surface area contributed by atoms with E-state index in [1.807, 2.05) is 25.1 Å². The first-order chi connectivity index (χ1) is 14.0. The maximum Gasteiger partial charge on any atom is 0.237 e. The van der Waals surface area contributed by atoms with E-state index < -0.39 is 0 Å². The molecule has 1 aromatic heterocycles. The molecule has 1 amide bonds. The summed E-state index contributed by atoms with van der Waals surface area (Å²) in [6, 6.07) is 6.01. The third kappa shape index (κ3) is 4.39. The maximum absolute atomic E-state index is 12.8.